The van der Waals surface area contributed by atoms with Crippen LogP contribution in [0.4, 0.5) is 11.4 Å². The lowest BCUT2D eigenvalue weighted by Crippen LogP contribution is -2.50. The number of likely N-dealkylation sites (tertiary alicyclic amines) is 1. The van der Waals surface area contributed by atoms with Gasteiger partial charge in [0.05, 0.1) is 4.92 Å². The minimum absolute atomic E-state index is 0.142. The van der Waals surface area contributed by atoms with Crippen LogP contribution in [0.1, 0.15) is 33.6 Å². The predicted molar refractivity (Wildman–Crippen MR) is 81.1 cm³/mol. The molecule has 1 aromatic rings. The molecule has 0 radical (unpaired) electrons. The first-order chi connectivity index (χ1) is 9.38. The van der Waals surface area contributed by atoms with Gasteiger partial charge in [-0.15, -0.1) is 0 Å². The Balaban J connectivity index is 2.09. The molecule has 20 heavy (non-hydrogen) atoms. The summed E-state index contributed by atoms with van der Waals surface area (Å²) >= 11 is 0. The summed E-state index contributed by atoms with van der Waals surface area (Å²) in [5.41, 5.74) is 0.918. The van der Waals surface area contributed by atoms with Crippen molar-refractivity contribution in [2.45, 2.75) is 45.2 Å². The maximum atomic E-state index is 11.0. The molecule has 0 aromatic heterocycles. The number of hydrogen-bond donors (Lipinski definition) is 1. The highest BCUT2D eigenvalue weighted by Gasteiger charge is 2.28. The molecule has 1 atom stereocenters. The SMILES string of the molecule is CC(C)(C)N1CCCC(Nc2ccccc2[N+](=O)[O-])C1. The van der Waals surface area contributed by atoms with Gasteiger partial charge in [0, 0.05) is 24.2 Å². The summed E-state index contributed by atoms with van der Waals surface area (Å²) in [5.74, 6) is 0. The Morgan fingerprint density at radius 3 is 2.70 bits per heavy atom. The lowest BCUT2D eigenvalue weighted by Gasteiger charge is -2.42. The summed E-state index contributed by atoms with van der Waals surface area (Å²) in [6, 6.07) is 7.13. The van der Waals surface area contributed by atoms with E-state index in [2.05, 4.69) is 31.0 Å². The van der Waals surface area contributed by atoms with E-state index in [0.717, 1.165) is 25.9 Å². The van der Waals surface area contributed by atoms with Crippen LogP contribution >= 0.6 is 0 Å². The summed E-state index contributed by atoms with van der Waals surface area (Å²) in [7, 11) is 0. The predicted octanol–water partition coefficient (Wildman–Crippen LogP) is 3.27. The van der Waals surface area contributed by atoms with Crippen molar-refractivity contribution in [3.63, 3.8) is 0 Å². The van der Waals surface area contributed by atoms with Crippen molar-refractivity contribution in [2.75, 3.05) is 18.4 Å². The van der Waals surface area contributed by atoms with Gasteiger partial charge in [-0.05, 0) is 46.2 Å². The lowest BCUT2D eigenvalue weighted by atomic mass is 9.98. The first-order valence-electron chi connectivity index (χ1n) is 7.13. The molecule has 110 valence electrons. The Bertz CT molecular complexity index is 482. The average Bonchev–Trinajstić information content (AvgIpc) is 2.38. The highest BCUT2D eigenvalue weighted by atomic mass is 16.6. The molecule has 1 heterocycles. The zero-order valence-electron chi connectivity index (χ0n) is 12.4. The van der Waals surface area contributed by atoms with E-state index in [9.17, 15) is 10.1 Å². The van der Waals surface area contributed by atoms with Crippen LogP contribution in [0.25, 0.3) is 0 Å². The maximum absolute atomic E-state index is 11.0. The number of anilines is 1. The number of benzene rings is 1. The standard InChI is InChI=1S/C15H23N3O2/c1-15(2,3)17-10-6-7-12(11-17)16-13-8-4-5-9-14(13)18(19)20/h4-5,8-9,12,16H,6-7,10-11H2,1-3H3. The van der Waals surface area contributed by atoms with Crippen LogP contribution in [-0.2, 0) is 0 Å². The third-order valence-corrected chi connectivity index (χ3v) is 3.83. The fourth-order valence-corrected chi connectivity index (χ4v) is 2.68. The molecule has 1 aliphatic rings. The van der Waals surface area contributed by atoms with Crippen molar-refractivity contribution in [3.8, 4) is 0 Å². The van der Waals surface area contributed by atoms with Crippen LogP contribution in [-0.4, -0.2) is 34.5 Å². The largest absolute Gasteiger partial charge is 0.375 e. The average molecular weight is 277 g/mol. The Hall–Kier alpha value is -1.62. The van der Waals surface area contributed by atoms with Crippen LogP contribution in [0.15, 0.2) is 24.3 Å². The second-order valence-electron chi connectivity index (χ2n) is 6.37. The lowest BCUT2D eigenvalue weighted by molar-refractivity contribution is -0.384. The number of nitro benzene ring substituents is 1. The summed E-state index contributed by atoms with van der Waals surface area (Å²) in [5, 5.41) is 14.4. The molecule has 1 saturated heterocycles. The van der Waals surface area contributed by atoms with Crippen molar-refractivity contribution >= 4 is 11.4 Å². The van der Waals surface area contributed by atoms with E-state index in [1.807, 2.05) is 6.07 Å². The van der Waals surface area contributed by atoms with Crippen molar-refractivity contribution in [3.05, 3.63) is 34.4 Å². The van der Waals surface area contributed by atoms with E-state index in [1.165, 1.54) is 0 Å². The Kier molecular flexibility index (Phi) is 4.28. The van der Waals surface area contributed by atoms with Crippen LogP contribution in [0.2, 0.25) is 0 Å². The molecule has 5 heteroatoms. The number of nitrogens with one attached hydrogen (secondary N) is 1. The van der Waals surface area contributed by atoms with E-state index in [0.29, 0.717) is 5.69 Å². The molecule has 1 N–H and O–H groups in total. The van der Waals surface area contributed by atoms with Crippen molar-refractivity contribution < 1.29 is 4.92 Å². The van der Waals surface area contributed by atoms with Crippen molar-refractivity contribution in [2.24, 2.45) is 0 Å². The highest BCUT2D eigenvalue weighted by molar-refractivity contribution is 5.61. The fourth-order valence-electron chi connectivity index (χ4n) is 2.68. The summed E-state index contributed by atoms with van der Waals surface area (Å²) in [6.45, 7) is 8.65. The van der Waals surface area contributed by atoms with Crippen molar-refractivity contribution in [1.82, 2.24) is 4.90 Å². The molecule has 1 aromatic carbocycles. The quantitative estimate of drug-likeness (QED) is 0.680. The van der Waals surface area contributed by atoms with Gasteiger partial charge in [0.1, 0.15) is 5.69 Å². The summed E-state index contributed by atoms with van der Waals surface area (Å²) in [6.07, 6.45) is 2.17. The first-order valence-corrected chi connectivity index (χ1v) is 7.13. The number of nitro groups is 1. The number of rotatable bonds is 3. The molecular weight excluding hydrogens is 254 g/mol. The van der Waals surface area contributed by atoms with Crippen LogP contribution in [0.5, 0.6) is 0 Å². The van der Waals surface area contributed by atoms with Gasteiger partial charge in [-0.25, -0.2) is 0 Å². The summed E-state index contributed by atoms with van der Waals surface area (Å²) in [4.78, 5) is 13.1. The number of nitrogens with zero attached hydrogens (tertiary/aromatic N) is 2. The van der Waals surface area contributed by atoms with Crippen LogP contribution in [0, 0.1) is 10.1 Å². The smallest absolute Gasteiger partial charge is 0.292 e. The molecule has 0 bridgehead atoms. The number of hydrogen-bond acceptors (Lipinski definition) is 4. The Morgan fingerprint density at radius 2 is 2.05 bits per heavy atom. The molecule has 5 nitrogen and oxygen atoms in total. The zero-order valence-corrected chi connectivity index (χ0v) is 12.4. The van der Waals surface area contributed by atoms with E-state index in [1.54, 1.807) is 18.2 Å². The topological polar surface area (TPSA) is 58.4 Å². The fraction of sp³-hybridized carbons (Fsp3) is 0.600. The van der Waals surface area contributed by atoms with E-state index in [-0.39, 0.29) is 22.2 Å². The Morgan fingerprint density at radius 1 is 1.35 bits per heavy atom. The molecule has 1 aliphatic heterocycles. The van der Waals surface area contributed by atoms with Gasteiger partial charge >= 0.3 is 0 Å². The van der Waals surface area contributed by atoms with Gasteiger partial charge in [0.15, 0.2) is 0 Å². The molecule has 0 aliphatic carbocycles. The first kappa shape index (κ1) is 14.8. The van der Waals surface area contributed by atoms with E-state index in [4.69, 9.17) is 0 Å². The van der Waals surface area contributed by atoms with E-state index >= 15 is 0 Å². The van der Waals surface area contributed by atoms with Gasteiger partial charge in [0.25, 0.3) is 5.69 Å². The van der Waals surface area contributed by atoms with E-state index < -0.39 is 0 Å². The van der Waals surface area contributed by atoms with Crippen molar-refractivity contribution in [1.29, 1.82) is 0 Å². The van der Waals surface area contributed by atoms with Crippen LogP contribution < -0.4 is 5.32 Å². The molecule has 2 rings (SSSR count). The normalized spacial score (nSPS) is 20.6. The third-order valence-electron chi connectivity index (χ3n) is 3.83. The second kappa shape index (κ2) is 5.79. The minimum atomic E-state index is -0.327. The second-order valence-corrected chi connectivity index (χ2v) is 6.37. The van der Waals surface area contributed by atoms with Crippen LogP contribution in [0.3, 0.4) is 0 Å². The molecule has 0 spiro atoms. The monoisotopic (exact) mass is 277 g/mol. The van der Waals surface area contributed by atoms with Gasteiger partial charge in [-0.2, -0.15) is 0 Å². The molecule has 1 unspecified atom stereocenters. The zero-order chi connectivity index (χ0) is 14.8. The third kappa shape index (κ3) is 3.48. The van der Waals surface area contributed by atoms with Gasteiger partial charge in [-0.3, -0.25) is 15.0 Å². The van der Waals surface area contributed by atoms with Gasteiger partial charge in [-0.1, -0.05) is 12.1 Å². The molecular formula is C15H23N3O2. The Labute approximate surface area is 120 Å². The molecule has 0 amide bonds. The molecule has 1 fully saturated rings. The van der Waals surface area contributed by atoms with Gasteiger partial charge in [0.2, 0.25) is 0 Å². The highest BCUT2D eigenvalue weighted by Crippen LogP contribution is 2.27. The summed E-state index contributed by atoms with van der Waals surface area (Å²) < 4.78 is 0. The number of para-hydroxylation sites is 2. The number of piperidine rings is 1. The molecule has 0 saturated carbocycles. The van der Waals surface area contributed by atoms with Gasteiger partial charge < -0.3 is 5.32 Å². The maximum Gasteiger partial charge on any atom is 0.292 e. The minimum Gasteiger partial charge on any atom is -0.375 e.